The van der Waals surface area contributed by atoms with Crippen molar-refractivity contribution < 1.29 is 22.7 Å². The van der Waals surface area contributed by atoms with Gasteiger partial charge in [-0.25, -0.2) is 13.9 Å². The molecule has 26 heavy (non-hydrogen) atoms. The molecule has 0 unspecified atom stereocenters. The Balaban J connectivity index is 2.15. The Kier molecular flexibility index (Phi) is 4.31. The van der Waals surface area contributed by atoms with Crippen molar-refractivity contribution >= 4 is 5.52 Å². The highest BCUT2D eigenvalue weighted by atomic mass is 19.4. The first kappa shape index (κ1) is 18.1. The normalized spacial score (nSPS) is 13.3. The molecule has 2 heterocycles. The summed E-state index contributed by atoms with van der Waals surface area (Å²) in [4.78, 5) is 18.8. The van der Waals surface area contributed by atoms with E-state index < -0.39 is 35.6 Å². The second-order valence-corrected chi connectivity index (χ2v) is 5.83. The zero-order chi connectivity index (χ0) is 19.2. The molecule has 3 aromatic rings. The largest absolute Gasteiger partial charge is 0.419 e. The van der Waals surface area contributed by atoms with Gasteiger partial charge in [-0.2, -0.15) is 18.3 Å². The molecule has 1 aromatic carbocycles. The number of fused-ring (bicyclic) bond motifs is 1. The van der Waals surface area contributed by atoms with Crippen LogP contribution in [0.5, 0.6) is 0 Å². The molecule has 138 valence electrons. The molecule has 0 amide bonds. The van der Waals surface area contributed by atoms with Gasteiger partial charge >= 0.3 is 6.18 Å². The third kappa shape index (κ3) is 2.96. The Bertz CT molecular complexity index is 1040. The van der Waals surface area contributed by atoms with Gasteiger partial charge < -0.3 is 10.1 Å². The summed E-state index contributed by atoms with van der Waals surface area (Å²) >= 11 is 0. The van der Waals surface area contributed by atoms with Gasteiger partial charge in [-0.05, 0) is 24.6 Å². The average molecular weight is 370 g/mol. The summed E-state index contributed by atoms with van der Waals surface area (Å²) in [7, 11) is 0. The topological polar surface area (TPSA) is 83.3 Å². The maximum atomic E-state index is 13.9. The second-order valence-electron chi connectivity index (χ2n) is 5.83. The van der Waals surface area contributed by atoms with Crippen molar-refractivity contribution in [2.75, 3.05) is 0 Å². The van der Waals surface area contributed by atoms with Crippen LogP contribution in [0.15, 0.2) is 23.0 Å². The van der Waals surface area contributed by atoms with E-state index in [9.17, 15) is 27.5 Å². The molecule has 0 spiro atoms. The third-order valence-corrected chi connectivity index (χ3v) is 4.05. The molecule has 0 fully saturated rings. The average Bonchev–Trinajstić information content (AvgIpc) is 2.91. The minimum Gasteiger partial charge on any atom is -0.390 e. The summed E-state index contributed by atoms with van der Waals surface area (Å²) in [5.74, 6) is -1.57. The molecule has 2 aromatic heterocycles. The zero-order valence-corrected chi connectivity index (χ0v) is 13.7. The van der Waals surface area contributed by atoms with Gasteiger partial charge in [-0.1, -0.05) is 13.0 Å². The lowest BCUT2D eigenvalue weighted by molar-refractivity contribution is -0.140. The predicted molar refractivity (Wildman–Crippen MR) is 83.2 cm³/mol. The van der Waals surface area contributed by atoms with E-state index in [4.69, 9.17) is 0 Å². The zero-order valence-electron chi connectivity index (χ0n) is 13.7. The Hall–Kier alpha value is -2.75. The van der Waals surface area contributed by atoms with Crippen molar-refractivity contribution in [3.63, 3.8) is 0 Å². The van der Waals surface area contributed by atoms with Crippen LogP contribution < -0.4 is 5.56 Å². The van der Waals surface area contributed by atoms with Gasteiger partial charge in [0, 0.05) is 5.92 Å². The van der Waals surface area contributed by atoms with Crippen molar-refractivity contribution in [3.05, 3.63) is 62.8 Å². The van der Waals surface area contributed by atoms with Crippen LogP contribution in [0.4, 0.5) is 17.6 Å². The molecule has 0 aliphatic rings. The van der Waals surface area contributed by atoms with Crippen LogP contribution in [0.25, 0.3) is 5.52 Å². The van der Waals surface area contributed by atoms with Crippen molar-refractivity contribution in [1.29, 1.82) is 0 Å². The number of imidazole rings is 1. The lowest BCUT2D eigenvalue weighted by Gasteiger charge is -2.13. The van der Waals surface area contributed by atoms with E-state index in [1.165, 1.54) is 4.52 Å². The lowest BCUT2D eigenvalue weighted by Crippen LogP contribution is -2.17. The maximum absolute atomic E-state index is 13.9. The smallest absolute Gasteiger partial charge is 0.390 e. The SMILES string of the molecule is Cc1nn2c([C@@H](C)c3ccc(C(F)(F)F)c(F)c3)nc(CO)c2c(=O)[nH]1. The molecule has 1 atom stereocenters. The van der Waals surface area contributed by atoms with Crippen LogP contribution in [-0.2, 0) is 12.8 Å². The minimum absolute atomic E-state index is 0.0346. The fourth-order valence-electron chi connectivity index (χ4n) is 2.77. The van der Waals surface area contributed by atoms with Crippen LogP contribution in [0.3, 0.4) is 0 Å². The highest BCUT2D eigenvalue weighted by molar-refractivity contribution is 5.51. The molecule has 0 saturated carbocycles. The number of alkyl halides is 3. The molecule has 0 saturated heterocycles. The lowest BCUT2D eigenvalue weighted by atomic mass is 9.98. The number of aliphatic hydroxyl groups is 1. The number of halogens is 4. The number of aromatic amines is 1. The Morgan fingerprint density at radius 3 is 2.62 bits per heavy atom. The van der Waals surface area contributed by atoms with Gasteiger partial charge in [-0.15, -0.1) is 0 Å². The van der Waals surface area contributed by atoms with Crippen molar-refractivity contribution in [2.45, 2.75) is 32.5 Å². The minimum atomic E-state index is -4.79. The monoisotopic (exact) mass is 370 g/mol. The quantitative estimate of drug-likeness (QED) is 0.694. The summed E-state index contributed by atoms with van der Waals surface area (Å²) in [6.07, 6.45) is -4.79. The summed E-state index contributed by atoms with van der Waals surface area (Å²) in [6, 6.07) is 2.60. The van der Waals surface area contributed by atoms with Crippen LogP contribution in [0.1, 0.15) is 41.3 Å². The van der Waals surface area contributed by atoms with E-state index >= 15 is 0 Å². The standard InChI is InChI=1S/C16H14F4N4O2/c1-7(9-3-4-10(11(17)5-9)16(18,19)20)14-22-12(6-25)13-15(26)21-8(2)23-24(13)14/h3-5,7,25H,6H2,1-2H3,(H,21,23,26)/t7-/m0/s1. The molecular weight excluding hydrogens is 356 g/mol. The highest BCUT2D eigenvalue weighted by Gasteiger charge is 2.34. The number of rotatable bonds is 3. The van der Waals surface area contributed by atoms with Crippen LogP contribution in [-0.4, -0.2) is 24.7 Å². The molecule has 0 bridgehead atoms. The molecule has 10 heteroatoms. The molecule has 3 rings (SSSR count). The van der Waals surface area contributed by atoms with Gasteiger partial charge in [0.1, 0.15) is 17.5 Å². The van der Waals surface area contributed by atoms with E-state index in [0.717, 1.165) is 12.1 Å². The number of nitrogens with zero attached hydrogens (tertiary/aromatic N) is 3. The van der Waals surface area contributed by atoms with E-state index in [0.29, 0.717) is 6.07 Å². The van der Waals surface area contributed by atoms with Gasteiger partial charge in [0.25, 0.3) is 5.56 Å². The van der Waals surface area contributed by atoms with Gasteiger partial charge in [0.2, 0.25) is 0 Å². The van der Waals surface area contributed by atoms with E-state index in [1.807, 2.05) is 0 Å². The van der Waals surface area contributed by atoms with Crippen LogP contribution in [0, 0.1) is 12.7 Å². The number of H-pyrrole nitrogens is 1. The Morgan fingerprint density at radius 2 is 2.04 bits per heavy atom. The summed E-state index contributed by atoms with van der Waals surface area (Å²) in [6.45, 7) is 2.62. The van der Waals surface area contributed by atoms with Crippen molar-refractivity contribution in [2.24, 2.45) is 0 Å². The Morgan fingerprint density at radius 1 is 1.35 bits per heavy atom. The molecule has 2 N–H and O–H groups in total. The molecule has 0 radical (unpaired) electrons. The van der Waals surface area contributed by atoms with Gasteiger partial charge in [0.05, 0.1) is 17.9 Å². The molecule has 0 aliphatic heterocycles. The van der Waals surface area contributed by atoms with Gasteiger partial charge in [0.15, 0.2) is 5.52 Å². The molecular formula is C16H14F4N4O2. The fraction of sp³-hybridized carbons (Fsp3) is 0.312. The maximum Gasteiger partial charge on any atom is 0.419 e. The second kappa shape index (κ2) is 6.20. The number of aryl methyl sites for hydroxylation is 1. The van der Waals surface area contributed by atoms with Crippen molar-refractivity contribution in [3.8, 4) is 0 Å². The summed E-state index contributed by atoms with van der Waals surface area (Å²) in [5, 5.41) is 13.6. The number of aliphatic hydroxyl groups excluding tert-OH is 1. The van der Waals surface area contributed by atoms with E-state index in [2.05, 4.69) is 15.1 Å². The number of nitrogens with one attached hydrogen (secondary N) is 1. The van der Waals surface area contributed by atoms with Crippen LogP contribution >= 0.6 is 0 Å². The summed E-state index contributed by atoms with van der Waals surface area (Å²) in [5.41, 5.74) is -1.53. The Labute approximate surface area is 144 Å². The predicted octanol–water partition coefficient (Wildman–Crippen LogP) is 2.53. The highest BCUT2D eigenvalue weighted by Crippen LogP contribution is 2.33. The molecule has 0 aliphatic carbocycles. The summed E-state index contributed by atoms with van der Waals surface area (Å²) < 4.78 is 53.3. The third-order valence-electron chi connectivity index (χ3n) is 4.05. The number of hydrogen-bond donors (Lipinski definition) is 2. The first-order valence-electron chi connectivity index (χ1n) is 7.59. The number of hydrogen-bond acceptors (Lipinski definition) is 4. The molecule has 6 nitrogen and oxygen atoms in total. The fourth-order valence-corrected chi connectivity index (χ4v) is 2.77. The van der Waals surface area contributed by atoms with Crippen molar-refractivity contribution in [1.82, 2.24) is 19.6 Å². The van der Waals surface area contributed by atoms with Gasteiger partial charge in [-0.3, -0.25) is 4.79 Å². The van der Waals surface area contributed by atoms with E-state index in [1.54, 1.807) is 13.8 Å². The van der Waals surface area contributed by atoms with Crippen LogP contribution in [0.2, 0.25) is 0 Å². The first-order chi connectivity index (χ1) is 12.1. The van der Waals surface area contributed by atoms with E-state index in [-0.39, 0.29) is 28.4 Å². The number of benzene rings is 1. The number of aromatic nitrogens is 4. The first-order valence-corrected chi connectivity index (χ1v) is 7.59.